The van der Waals surface area contributed by atoms with E-state index in [1.807, 2.05) is 48.5 Å². The van der Waals surface area contributed by atoms with Crippen molar-refractivity contribution >= 4 is 0 Å². The van der Waals surface area contributed by atoms with Gasteiger partial charge in [-0.2, -0.15) is 0 Å². The molecule has 0 aliphatic rings. The fraction of sp³-hybridized carbons (Fsp3) is 0.182. The molecule has 2 N–H and O–H groups in total. The standard InChI is InChI=1S/C13H12O.C9H12O/c14-13-9-5-4-8-12(13)10-11-6-2-1-3-7-11;1-2-3-8-4-6-9(10)7-5-8/h1-9,14H,10H2;4-7,10H,2-3H2,1H3. The van der Waals surface area contributed by atoms with Crippen LogP contribution in [0.15, 0.2) is 78.9 Å². The summed E-state index contributed by atoms with van der Waals surface area (Å²) in [7, 11) is 0. The summed E-state index contributed by atoms with van der Waals surface area (Å²) in [5.74, 6) is 0.719. The smallest absolute Gasteiger partial charge is 0.119 e. The average molecular weight is 320 g/mol. The summed E-state index contributed by atoms with van der Waals surface area (Å²) in [5, 5.41) is 18.5. The molecule has 24 heavy (non-hydrogen) atoms. The van der Waals surface area contributed by atoms with Crippen molar-refractivity contribution in [2.24, 2.45) is 0 Å². The molecule has 0 fully saturated rings. The van der Waals surface area contributed by atoms with Crippen molar-refractivity contribution in [3.63, 3.8) is 0 Å². The number of para-hydroxylation sites is 1. The highest BCUT2D eigenvalue weighted by atomic mass is 16.3. The van der Waals surface area contributed by atoms with Gasteiger partial charge in [0.2, 0.25) is 0 Å². The van der Waals surface area contributed by atoms with Gasteiger partial charge in [-0.05, 0) is 41.3 Å². The first-order valence-electron chi connectivity index (χ1n) is 8.27. The SMILES string of the molecule is CCCc1ccc(O)cc1.Oc1ccccc1Cc1ccccc1. The minimum atomic E-state index is 0.347. The molecule has 3 aromatic rings. The molecular formula is C22H24O2. The van der Waals surface area contributed by atoms with E-state index in [0.29, 0.717) is 11.5 Å². The highest BCUT2D eigenvalue weighted by Crippen LogP contribution is 2.19. The summed E-state index contributed by atoms with van der Waals surface area (Å²) in [5.41, 5.74) is 3.48. The van der Waals surface area contributed by atoms with E-state index < -0.39 is 0 Å². The first-order chi connectivity index (χ1) is 11.7. The lowest BCUT2D eigenvalue weighted by Crippen LogP contribution is -1.87. The number of hydrogen-bond acceptors (Lipinski definition) is 2. The van der Waals surface area contributed by atoms with Crippen LogP contribution in [0.5, 0.6) is 11.5 Å². The minimum absolute atomic E-state index is 0.347. The van der Waals surface area contributed by atoms with Crippen LogP contribution in [0.25, 0.3) is 0 Å². The van der Waals surface area contributed by atoms with E-state index in [-0.39, 0.29) is 0 Å². The van der Waals surface area contributed by atoms with Crippen LogP contribution in [-0.2, 0) is 12.8 Å². The van der Waals surface area contributed by atoms with Crippen LogP contribution in [0, 0.1) is 0 Å². The zero-order chi connectivity index (χ0) is 17.2. The molecular weight excluding hydrogens is 296 g/mol. The van der Waals surface area contributed by atoms with Gasteiger partial charge < -0.3 is 10.2 Å². The fourth-order valence-electron chi connectivity index (χ4n) is 2.43. The summed E-state index contributed by atoms with van der Waals surface area (Å²) in [6.07, 6.45) is 3.04. The Morgan fingerprint density at radius 2 is 1.29 bits per heavy atom. The molecule has 2 nitrogen and oxygen atoms in total. The Labute approximate surface area is 144 Å². The number of rotatable bonds is 4. The molecule has 0 saturated heterocycles. The normalized spacial score (nSPS) is 9.88. The van der Waals surface area contributed by atoms with Gasteiger partial charge in [0.25, 0.3) is 0 Å². The third-order valence-electron chi connectivity index (χ3n) is 3.70. The van der Waals surface area contributed by atoms with Gasteiger partial charge in [-0.15, -0.1) is 0 Å². The van der Waals surface area contributed by atoms with Crippen LogP contribution < -0.4 is 0 Å². The number of phenolic OH excluding ortho intramolecular Hbond substituents is 2. The second-order valence-corrected chi connectivity index (χ2v) is 5.71. The second kappa shape index (κ2) is 9.41. The molecule has 0 atom stereocenters. The predicted octanol–water partition coefficient (Wildman–Crippen LogP) is 5.33. The number of aryl methyl sites for hydroxylation is 1. The van der Waals surface area contributed by atoms with Crippen molar-refractivity contribution in [3.8, 4) is 11.5 Å². The van der Waals surface area contributed by atoms with Gasteiger partial charge in [-0.1, -0.05) is 74.0 Å². The molecule has 0 saturated carbocycles. The van der Waals surface area contributed by atoms with Crippen LogP contribution in [0.3, 0.4) is 0 Å². The van der Waals surface area contributed by atoms with E-state index >= 15 is 0 Å². The Morgan fingerprint density at radius 1 is 0.667 bits per heavy atom. The Hall–Kier alpha value is -2.74. The predicted molar refractivity (Wildman–Crippen MR) is 99.5 cm³/mol. The van der Waals surface area contributed by atoms with Gasteiger partial charge in [-0.25, -0.2) is 0 Å². The van der Waals surface area contributed by atoms with Crippen molar-refractivity contribution in [1.29, 1.82) is 0 Å². The van der Waals surface area contributed by atoms with E-state index in [0.717, 1.165) is 24.8 Å². The van der Waals surface area contributed by atoms with Crippen LogP contribution in [0.1, 0.15) is 30.0 Å². The minimum Gasteiger partial charge on any atom is -0.508 e. The lowest BCUT2D eigenvalue weighted by molar-refractivity contribution is 0.469. The van der Waals surface area contributed by atoms with Gasteiger partial charge in [-0.3, -0.25) is 0 Å². The molecule has 3 rings (SSSR count). The van der Waals surface area contributed by atoms with Crippen molar-refractivity contribution in [2.45, 2.75) is 26.2 Å². The fourth-order valence-corrected chi connectivity index (χ4v) is 2.43. The first kappa shape index (κ1) is 17.6. The number of aromatic hydroxyl groups is 2. The average Bonchev–Trinajstić information content (AvgIpc) is 2.61. The summed E-state index contributed by atoms with van der Waals surface area (Å²) in [6, 6.07) is 25.0. The third-order valence-corrected chi connectivity index (χ3v) is 3.70. The number of phenols is 2. The topological polar surface area (TPSA) is 40.5 Å². The van der Waals surface area contributed by atoms with Gasteiger partial charge in [0.15, 0.2) is 0 Å². The zero-order valence-corrected chi connectivity index (χ0v) is 14.0. The molecule has 0 aromatic heterocycles. The summed E-state index contributed by atoms with van der Waals surface area (Å²) in [4.78, 5) is 0. The summed E-state index contributed by atoms with van der Waals surface area (Å²) in [6.45, 7) is 2.15. The monoisotopic (exact) mass is 320 g/mol. The molecule has 0 aliphatic heterocycles. The number of benzene rings is 3. The molecule has 0 heterocycles. The van der Waals surface area contributed by atoms with Crippen LogP contribution >= 0.6 is 0 Å². The maximum Gasteiger partial charge on any atom is 0.119 e. The maximum atomic E-state index is 9.57. The summed E-state index contributed by atoms with van der Waals surface area (Å²) >= 11 is 0. The molecule has 124 valence electrons. The quantitative estimate of drug-likeness (QED) is 0.682. The van der Waals surface area contributed by atoms with E-state index in [9.17, 15) is 5.11 Å². The Balaban J connectivity index is 0.000000185. The summed E-state index contributed by atoms with van der Waals surface area (Å²) < 4.78 is 0. The molecule has 0 unspecified atom stereocenters. The molecule has 0 amide bonds. The van der Waals surface area contributed by atoms with Crippen molar-refractivity contribution < 1.29 is 10.2 Å². The molecule has 2 heteroatoms. The largest absolute Gasteiger partial charge is 0.508 e. The molecule has 0 radical (unpaired) electrons. The van der Waals surface area contributed by atoms with Crippen LogP contribution in [0.4, 0.5) is 0 Å². The van der Waals surface area contributed by atoms with E-state index in [4.69, 9.17) is 5.11 Å². The zero-order valence-electron chi connectivity index (χ0n) is 14.0. The lowest BCUT2D eigenvalue weighted by Gasteiger charge is -2.03. The van der Waals surface area contributed by atoms with Crippen molar-refractivity contribution in [2.75, 3.05) is 0 Å². The van der Waals surface area contributed by atoms with Crippen molar-refractivity contribution in [1.82, 2.24) is 0 Å². The van der Waals surface area contributed by atoms with Gasteiger partial charge in [0.05, 0.1) is 0 Å². The van der Waals surface area contributed by atoms with Gasteiger partial charge in [0, 0.05) is 6.42 Å². The first-order valence-corrected chi connectivity index (χ1v) is 8.27. The van der Waals surface area contributed by atoms with E-state index in [1.54, 1.807) is 18.2 Å². The van der Waals surface area contributed by atoms with Crippen LogP contribution in [0.2, 0.25) is 0 Å². The van der Waals surface area contributed by atoms with Crippen molar-refractivity contribution in [3.05, 3.63) is 95.6 Å². The Kier molecular flexibility index (Phi) is 6.91. The van der Waals surface area contributed by atoms with Crippen LogP contribution in [-0.4, -0.2) is 10.2 Å². The van der Waals surface area contributed by atoms with Gasteiger partial charge >= 0.3 is 0 Å². The molecule has 0 spiro atoms. The van der Waals surface area contributed by atoms with E-state index in [2.05, 4.69) is 19.1 Å². The molecule has 0 bridgehead atoms. The molecule has 3 aromatic carbocycles. The van der Waals surface area contributed by atoms with E-state index in [1.165, 1.54) is 11.1 Å². The lowest BCUT2D eigenvalue weighted by atomic mass is 10.0. The Morgan fingerprint density at radius 3 is 1.92 bits per heavy atom. The second-order valence-electron chi connectivity index (χ2n) is 5.71. The van der Waals surface area contributed by atoms with Gasteiger partial charge in [0.1, 0.15) is 11.5 Å². The Bertz CT molecular complexity index is 718. The maximum absolute atomic E-state index is 9.57. The third kappa shape index (κ3) is 5.81. The molecule has 0 aliphatic carbocycles. The number of hydrogen-bond donors (Lipinski definition) is 2. The highest BCUT2D eigenvalue weighted by Gasteiger charge is 1.99. The highest BCUT2D eigenvalue weighted by molar-refractivity contribution is 5.36.